The van der Waals surface area contributed by atoms with E-state index in [0.717, 1.165) is 31.7 Å². The van der Waals surface area contributed by atoms with Gasteiger partial charge < -0.3 is 9.80 Å². The average molecular weight is 372 g/mol. The summed E-state index contributed by atoms with van der Waals surface area (Å²) < 4.78 is 16.4. The van der Waals surface area contributed by atoms with Crippen LogP contribution < -0.4 is 16.1 Å². The third kappa shape index (κ3) is 3.14. The number of anilines is 1. The van der Waals surface area contributed by atoms with E-state index in [1.54, 1.807) is 19.2 Å². The van der Waals surface area contributed by atoms with Crippen LogP contribution in [0.5, 0.6) is 0 Å². The van der Waals surface area contributed by atoms with Crippen LogP contribution in [0.15, 0.2) is 33.9 Å². The molecule has 27 heavy (non-hydrogen) atoms. The Morgan fingerprint density at radius 3 is 2.41 bits per heavy atom. The molecule has 0 aliphatic carbocycles. The molecule has 4 rings (SSSR count). The number of nitrogens with zero attached hydrogens (tertiary/aromatic N) is 5. The highest BCUT2D eigenvalue weighted by Crippen LogP contribution is 2.22. The maximum Gasteiger partial charge on any atom is 0.329 e. The van der Waals surface area contributed by atoms with Crippen molar-refractivity contribution in [2.24, 2.45) is 7.05 Å². The molecule has 1 N–H and O–H groups in total. The lowest BCUT2D eigenvalue weighted by Crippen LogP contribution is -2.45. The van der Waals surface area contributed by atoms with Crippen molar-refractivity contribution >= 4 is 17.1 Å². The van der Waals surface area contributed by atoms with E-state index in [1.165, 1.54) is 16.7 Å². The minimum absolute atomic E-state index is 0.311. The summed E-state index contributed by atoms with van der Waals surface area (Å²) >= 11 is 0. The van der Waals surface area contributed by atoms with Crippen molar-refractivity contribution in [3.05, 3.63) is 56.5 Å². The van der Waals surface area contributed by atoms with Gasteiger partial charge in [0.25, 0.3) is 5.56 Å². The number of likely N-dealkylation sites (N-methyl/N-ethyl adjacent to an activating group) is 1. The van der Waals surface area contributed by atoms with Crippen LogP contribution in [0.4, 0.5) is 10.3 Å². The van der Waals surface area contributed by atoms with Crippen LogP contribution >= 0.6 is 0 Å². The fraction of sp³-hybridized carbons (Fsp3) is 0.389. The van der Waals surface area contributed by atoms with Gasteiger partial charge in [0.15, 0.2) is 11.2 Å². The lowest BCUT2D eigenvalue weighted by atomic mass is 10.2. The van der Waals surface area contributed by atoms with E-state index >= 15 is 0 Å². The topological polar surface area (TPSA) is 79.2 Å². The van der Waals surface area contributed by atoms with Gasteiger partial charge in [0.05, 0.1) is 6.54 Å². The zero-order valence-corrected chi connectivity index (χ0v) is 15.3. The van der Waals surface area contributed by atoms with Crippen molar-refractivity contribution in [1.29, 1.82) is 0 Å². The predicted octanol–water partition coefficient (Wildman–Crippen LogP) is 0.363. The summed E-state index contributed by atoms with van der Waals surface area (Å²) in [6, 6.07) is 6.16. The fourth-order valence-electron chi connectivity index (χ4n) is 3.39. The Balaban J connectivity index is 1.88. The standard InChI is InChI=1S/C18H21FN6O2/c1-22-7-9-24(10-8-22)17-20-15-14(16(26)21-18(27)23(15)2)25(17)11-12-3-5-13(19)6-4-12/h3-6H,7-11H2,1-2H3,(H,21,26,27). The predicted molar refractivity (Wildman–Crippen MR) is 101 cm³/mol. The number of imidazole rings is 1. The Hall–Kier alpha value is -2.94. The van der Waals surface area contributed by atoms with Gasteiger partial charge in [-0.05, 0) is 24.7 Å². The van der Waals surface area contributed by atoms with Gasteiger partial charge in [-0.15, -0.1) is 0 Å². The fourth-order valence-corrected chi connectivity index (χ4v) is 3.39. The summed E-state index contributed by atoms with van der Waals surface area (Å²) in [4.78, 5) is 35.9. The monoisotopic (exact) mass is 372 g/mol. The van der Waals surface area contributed by atoms with Gasteiger partial charge in [-0.2, -0.15) is 4.98 Å². The molecule has 2 aromatic heterocycles. The Labute approximate surface area is 154 Å². The smallest absolute Gasteiger partial charge is 0.329 e. The SMILES string of the molecule is CN1CCN(c2nc3c(c(=O)[nH]c(=O)n3C)n2Cc2ccc(F)cc2)CC1. The van der Waals surface area contributed by atoms with E-state index in [1.807, 2.05) is 4.57 Å². The van der Waals surface area contributed by atoms with Gasteiger partial charge in [-0.3, -0.25) is 18.9 Å². The minimum Gasteiger partial charge on any atom is -0.340 e. The Bertz CT molecular complexity index is 1090. The molecule has 0 saturated carbocycles. The Morgan fingerprint density at radius 1 is 1.07 bits per heavy atom. The van der Waals surface area contributed by atoms with Crippen LogP contribution in [0.25, 0.3) is 11.2 Å². The summed E-state index contributed by atoms with van der Waals surface area (Å²) in [5.41, 5.74) is 0.571. The number of halogens is 1. The molecule has 1 aliphatic heterocycles. The second kappa shape index (κ2) is 6.66. The van der Waals surface area contributed by atoms with Gasteiger partial charge in [0.2, 0.25) is 5.95 Å². The molecule has 0 unspecified atom stereocenters. The number of benzene rings is 1. The lowest BCUT2D eigenvalue weighted by Gasteiger charge is -2.33. The molecule has 0 atom stereocenters. The van der Waals surface area contributed by atoms with Gasteiger partial charge in [-0.1, -0.05) is 12.1 Å². The van der Waals surface area contributed by atoms with Crippen molar-refractivity contribution in [1.82, 2.24) is 24.0 Å². The first-order valence-corrected chi connectivity index (χ1v) is 8.81. The van der Waals surface area contributed by atoms with Crippen LogP contribution in [0, 0.1) is 5.82 Å². The molecule has 142 valence electrons. The zero-order valence-electron chi connectivity index (χ0n) is 15.3. The molecule has 0 amide bonds. The molecule has 1 saturated heterocycles. The maximum absolute atomic E-state index is 13.3. The molecule has 1 fully saturated rings. The molecule has 0 radical (unpaired) electrons. The number of fused-ring (bicyclic) bond motifs is 1. The molecule has 0 bridgehead atoms. The number of aromatic amines is 1. The number of nitrogens with one attached hydrogen (secondary N) is 1. The van der Waals surface area contributed by atoms with Gasteiger partial charge in [0, 0.05) is 33.2 Å². The molecule has 8 nitrogen and oxygen atoms in total. The first kappa shape index (κ1) is 17.5. The molecule has 3 aromatic rings. The number of piperazine rings is 1. The molecule has 1 aliphatic rings. The largest absolute Gasteiger partial charge is 0.340 e. The van der Waals surface area contributed by atoms with Crippen molar-refractivity contribution in [3.63, 3.8) is 0 Å². The highest BCUT2D eigenvalue weighted by molar-refractivity contribution is 5.74. The maximum atomic E-state index is 13.3. The second-order valence-corrected chi connectivity index (χ2v) is 6.91. The zero-order chi connectivity index (χ0) is 19.1. The first-order valence-electron chi connectivity index (χ1n) is 8.81. The molecule has 0 spiro atoms. The Kier molecular flexibility index (Phi) is 4.31. The number of aromatic nitrogens is 4. The van der Waals surface area contributed by atoms with E-state index in [0.29, 0.717) is 23.7 Å². The highest BCUT2D eigenvalue weighted by Gasteiger charge is 2.24. The normalized spacial score (nSPS) is 15.6. The van der Waals surface area contributed by atoms with Crippen LogP contribution in [0.3, 0.4) is 0 Å². The number of aryl methyl sites for hydroxylation is 1. The van der Waals surface area contributed by atoms with Crippen LogP contribution in [0.2, 0.25) is 0 Å². The molecule has 9 heteroatoms. The van der Waals surface area contributed by atoms with Crippen molar-refractivity contribution in [3.8, 4) is 0 Å². The molecular weight excluding hydrogens is 351 g/mol. The summed E-state index contributed by atoms with van der Waals surface area (Å²) in [6.45, 7) is 3.67. The number of H-pyrrole nitrogens is 1. The van der Waals surface area contributed by atoms with Crippen molar-refractivity contribution in [2.45, 2.75) is 6.54 Å². The summed E-state index contributed by atoms with van der Waals surface area (Å²) in [5.74, 6) is 0.336. The van der Waals surface area contributed by atoms with E-state index < -0.39 is 11.2 Å². The van der Waals surface area contributed by atoms with E-state index in [9.17, 15) is 14.0 Å². The quantitative estimate of drug-likeness (QED) is 0.718. The van der Waals surface area contributed by atoms with Crippen molar-refractivity contribution < 1.29 is 4.39 Å². The molecule has 1 aromatic carbocycles. The van der Waals surface area contributed by atoms with E-state index in [-0.39, 0.29) is 5.82 Å². The third-order valence-corrected chi connectivity index (χ3v) is 5.03. The molecular formula is C18H21FN6O2. The lowest BCUT2D eigenvalue weighted by molar-refractivity contribution is 0.310. The minimum atomic E-state index is -0.496. The first-order chi connectivity index (χ1) is 12.9. The van der Waals surface area contributed by atoms with Crippen LogP contribution in [-0.4, -0.2) is 57.2 Å². The summed E-state index contributed by atoms with van der Waals surface area (Å²) in [7, 11) is 3.65. The van der Waals surface area contributed by atoms with Crippen LogP contribution in [-0.2, 0) is 13.6 Å². The van der Waals surface area contributed by atoms with Crippen LogP contribution in [0.1, 0.15) is 5.56 Å². The number of hydrogen-bond acceptors (Lipinski definition) is 5. The van der Waals surface area contributed by atoms with Crippen molar-refractivity contribution in [2.75, 3.05) is 38.1 Å². The Morgan fingerprint density at radius 2 is 1.74 bits per heavy atom. The summed E-state index contributed by atoms with van der Waals surface area (Å²) in [6.07, 6.45) is 0. The third-order valence-electron chi connectivity index (χ3n) is 5.03. The summed E-state index contributed by atoms with van der Waals surface area (Å²) in [5, 5.41) is 0. The van der Waals surface area contributed by atoms with E-state index in [2.05, 4.69) is 26.8 Å². The van der Waals surface area contributed by atoms with Gasteiger partial charge in [0.1, 0.15) is 5.82 Å². The highest BCUT2D eigenvalue weighted by atomic mass is 19.1. The average Bonchev–Trinajstić information content (AvgIpc) is 3.02. The number of hydrogen-bond donors (Lipinski definition) is 1. The number of rotatable bonds is 3. The van der Waals surface area contributed by atoms with E-state index in [4.69, 9.17) is 0 Å². The molecule has 3 heterocycles. The second-order valence-electron chi connectivity index (χ2n) is 6.91. The van der Waals surface area contributed by atoms with Gasteiger partial charge in [-0.25, -0.2) is 9.18 Å². The van der Waals surface area contributed by atoms with Gasteiger partial charge >= 0.3 is 5.69 Å².